The number of para-hydroxylation sites is 3. The Morgan fingerprint density at radius 2 is 1.88 bits per heavy atom. The molecule has 0 spiro atoms. The zero-order chi connectivity index (χ0) is 18.3. The third-order valence-corrected chi connectivity index (χ3v) is 4.98. The number of ether oxygens (including phenoxy) is 2. The molecule has 3 aromatic rings. The first-order valence-corrected chi connectivity index (χ1v) is 8.56. The van der Waals surface area contributed by atoms with Crippen molar-refractivity contribution in [3.63, 3.8) is 0 Å². The van der Waals surface area contributed by atoms with Gasteiger partial charge in [0, 0.05) is 25.9 Å². The summed E-state index contributed by atoms with van der Waals surface area (Å²) in [5, 5.41) is 0. The zero-order valence-electron chi connectivity index (χ0n) is 15.1. The van der Waals surface area contributed by atoms with E-state index in [2.05, 4.69) is 4.57 Å². The molecule has 1 fully saturated rings. The molecule has 1 unspecified atom stereocenters. The van der Waals surface area contributed by atoms with Crippen LogP contribution in [0.25, 0.3) is 11.0 Å². The molecule has 1 aliphatic heterocycles. The number of rotatable bonds is 4. The second-order valence-electron chi connectivity index (χ2n) is 6.44. The number of hydrogen-bond acceptors (Lipinski definition) is 4. The lowest BCUT2D eigenvalue weighted by Crippen LogP contribution is -2.25. The molecule has 2 aromatic carbocycles. The third kappa shape index (κ3) is 2.49. The standard InChI is InChI=1S/C20H21N3O3/c1-22-15-8-5-4-7-14(15)21-20(22)13-11-18(24)23(12-13)16-9-6-10-17(25-2)19(16)26-3/h4-10,13H,11-12H2,1-3H3. The van der Waals surface area contributed by atoms with E-state index in [1.807, 2.05) is 49.5 Å². The Bertz CT molecular complexity index is 980. The second kappa shape index (κ2) is 6.37. The Labute approximate surface area is 152 Å². The van der Waals surface area contributed by atoms with E-state index in [0.29, 0.717) is 24.5 Å². The first kappa shape index (κ1) is 16.4. The van der Waals surface area contributed by atoms with E-state index >= 15 is 0 Å². The molecule has 0 saturated carbocycles. The molecule has 1 saturated heterocycles. The molecule has 134 valence electrons. The Kier molecular flexibility index (Phi) is 4.03. The van der Waals surface area contributed by atoms with Crippen molar-refractivity contribution in [2.75, 3.05) is 25.7 Å². The number of amides is 1. The molecule has 2 heterocycles. The molecule has 0 radical (unpaired) electrons. The SMILES string of the molecule is COc1cccc(N2CC(c3nc4ccccc4n3C)CC2=O)c1OC. The van der Waals surface area contributed by atoms with Crippen molar-refractivity contribution >= 4 is 22.6 Å². The third-order valence-electron chi connectivity index (χ3n) is 4.98. The van der Waals surface area contributed by atoms with Gasteiger partial charge in [0.05, 0.1) is 30.9 Å². The highest BCUT2D eigenvalue weighted by molar-refractivity contribution is 5.98. The quantitative estimate of drug-likeness (QED) is 0.725. The number of anilines is 1. The van der Waals surface area contributed by atoms with Gasteiger partial charge >= 0.3 is 0 Å². The number of nitrogens with zero attached hydrogens (tertiary/aromatic N) is 3. The van der Waals surface area contributed by atoms with E-state index in [4.69, 9.17) is 14.5 Å². The molecule has 0 aliphatic carbocycles. The van der Waals surface area contributed by atoms with Crippen LogP contribution in [0, 0.1) is 0 Å². The summed E-state index contributed by atoms with van der Waals surface area (Å²) < 4.78 is 12.9. The van der Waals surface area contributed by atoms with Crippen LogP contribution in [0.2, 0.25) is 0 Å². The van der Waals surface area contributed by atoms with Gasteiger partial charge in [-0.1, -0.05) is 18.2 Å². The number of carbonyl (C=O) groups excluding carboxylic acids is 1. The van der Waals surface area contributed by atoms with Gasteiger partial charge in [0.1, 0.15) is 5.82 Å². The highest BCUT2D eigenvalue weighted by Crippen LogP contribution is 2.41. The molecule has 1 aromatic heterocycles. The molecular weight excluding hydrogens is 330 g/mol. The number of fused-ring (bicyclic) bond motifs is 1. The van der Waals surface area contributed by atoms with Crippen LogP contribution in [0.4, 0.5) is 5.69 Å². The van der Waals surface area contributed by atoms with Crippen LogP contribution in [0.5, 0.6) is 11.5 Å². The smallest absolute Gasteiger partial charge is 0.227 e. The lowest BCUT2D eigenvalue weighted by molar-refractivity contribution is -0.117. The normalized spacial score (nSPS) is 17.1. The number of imidazole rings is 1. The van der Waals surface area contributed by atoms with Crippen LogP contribution in [-0.2, 0) is 11.8 Å². The molecule has 26 heavy (non-hydrogen) atoms. The average Bonchev–Trinajstić information content (AvgIpc) is 3.21. The number of hydrogen-bond donors (Lipinski definition) is 0. The van der Waals surface area contributed by atoms with Gasteiger partial charge in [0.25, 0.3) is 0 Å². The average molecular weight is 351 g/mol. The highest BCUT2D eigenvalue weighted by atomic mass is 16.5. The fourth-order valence-corrected chi connectivity index (χ4v) is 3.73. The van der Waals surface area contributed by atoms with Gasteiger partial charge in [-0.2, -0.15) is 0 Å². The Morgan fingerprint density at radius 3 is 2.62 bits per heavy atom. The first-order chi connectivity index (χ1) is 12.6. The minimum absolute atomic E-state index is 0.0378. The van der Waals surface area contributed by atoms with Gasteiger partial charge in [0.15, 0.2) is 11.5 Å². The van der Waals surface area contributed by atoms with Crippen LogP contribution in [0.15, 0.2) is 42.5 Å². The maximum absolute atomic E-state index is 12.7. The molecule has 1 atom stereocenters. The van der Waals surface area contributed by atoms with Crippen molar-refractivity contribution in [2.45, 2.75) is 12.3 Å². The molecule has 4 rings (SSSR count). The van der Waals surface area contributed by atoms with Crippen molar-refractivity contribution in [3.05, 3.63) is 48.3 Å². The number of carbonyl (C=O) groups is 1. The molecule has 0 bridgehead atoms. The predicted octanol–water partition coefficient (Wildman–Crippen LogP) is 3.11. The van der Waals surface area contributed by atoms with Gasteiger partial charge in [-0.15, -0.1) is 0 Å². The van der Waals surface area contributed by atoms with Crippen molar-refractivity contribution in [1.29, 1.82) is 0 Å². The zero-order valence-corrected chi connectivity index (χ0v) is 15.1. The van der Waals surface area contributed by atoms with E-state index in [1.54, 1.807) is 19.1 Å². The number of aromatic nitrogens is 2. The van der Waals surface area contributed by atoms with E-state index in [1.165, 1.54) is 0 Å². The first-order valence-electron chi connectivity index (χ1n) is 8.56. The number of benzene rings is 2. The van der Waals surface area contributed by atoms with Crippen molar-refractivity contribution in [2.24, 2.45) is 7.05 Å². The molecule has 6 heteroatoms. The Hall–Kier alpha value is -3.02. The number of aryl methyl sites for hydroxylation is 1. The van der Waals surface area contributed by atoms with Gasteiger partial charge in [-0.3, -0.25) is 4.79 Å². The van der Waals surface area contributed by atoms with Gasteiger partial charge in [-0.05, 0) is 24.3 Å². The fraction of sp³-hybridized carbons (Fsp3) is 0.300. The van der Waals surface area contributed by atoms with Crippen molar-refractivity contribution in [1.82, 2.24) is 9.55 Å². The van der Waals surface area contributed by atoms with Gasteiger partial charge in [-0.25, -0.2) is 4.98 Å². The molecule has 1 aliphatic rings. The lowest BCUT2D eigenvalue weighted by Gasteiger charge is -2.21. The Balaban J connectivity index is 1.70. The van der Waals surface area contributed by atoms with Crippen LogP contribution >= 0.6 is 0 Å². The maximum atomic E-state index is 12.7. The summed E-state index contributed by atoms with van der Waals surface area (Å²) in [7, 11) is 5.18. The largest absolute Gasteiger partial charge is 0.493 e. The van der Waals surface area contributed by atoms with Crippen LogP contribution in [-0.4, -0.2) is 36.2 Å². The monoisotopic (exact) mass is 351 g/mol. The van der Waals surface area contributed by atoms with E-state index < -0.39 is 0 Å². The highest BCUT2D eigenvalue weighted by Gasteiger charge is 2.36. The summed E-state index contributed by atoms with van der Waals surface area (Å²) in [5.41, 5.74) is 2.76. The van der Waals surface area contributed by atoms with Gasteiger partial charge < -0.3 is 18.9 Å². The van der Waals surface area contributed by atoms with E-state index in [9.17, 15) is 4.79 Å². The predicted molar refractivity (Wildman–Crippen MR) is 100.0 cm³/mol. The van der Waals surface area contributed by atoms with Crippen LogP contribution in [0.3, 0.4) is 0 Å². The minimum atomic E-state index is 0.0378. The summed E-state index contributed by atoms with van der Waals surface area (Å²) in [6.45, 7) is 0.569. The summed E-state index contributed by atoms with van der Waals surface area (Å²) in [4.78, 5) is 19.3. The summed E-state index contributed by atoms with van der Waals surface area (Å²) in [6.07, 6.45) is 0.428. The summed E-state index contributed by atoms with van der Waals surface area (Å²) in [5.74, 6) is 2.23. The molecule has 1 amide bonds. The maximum Gasteiger partial charge on any atom is 0.227 e. The lowest BCUT2D eigenvalue weighted by atomic mass is 10.1. The summed E-state index contributed by atoms with van der Waals surface area (Å²) >= 11 is 0. The fourth-order valence-electron chi connectivity index (χ4n) is 3.73. The molecular formula is C20H21N3O3. The molecule has 6 nitrogen and oxygen atoms in total. The van der Waals surface area contributed by atoms with E-state index in [-0.39, 0.29) is 11.8 Å². The second-order valence-corrected chi connectivity index (χ2v) is 6.44. The molecule has 0 N–H and O–H groups in total. The summed E-state index contributed by atoms with van der Waals surface area (Å²) in [6, 6.07) is 13.6. The topological polar surface area (TPSA) is 56.6 Å². The van der Waals surface area contributed by atoms with Crippen molar-refractivity contribution in [3.8, 4) is 11.5 Å². The Morgan fingerprint density at radius 1 is 1.08 bits per heavy atom. The minimum Gasteiger partial charge on any atom is -0.493 e. The number of methoxy groups -OCH3 is 2. The van der Waals surface area contributed by atoms with Crippen LogP contribution in [0.1, 0.15) is 18.2 Å². The van der Waals surface area contributed by atoms with Crippen molar-refractivity contribution < 1.29 is 14.3 Å². The van der Waals surface area contributed by atoms with E-state index in [0.717, 1.165) is 22.5 Å². The van der Waals surface area contributed by atoms with Gasteiger partial charge in [0.2, 0.25) is 5.91 Å². The van der Waals surface area contributed by atoms with Crippen LogP contribution < -0.4 is 14.4 Å².